The number of rotatable bonds is 9. The highest BCUT2D eigenvalue weighted by molar-refractivity contribution is 5.78. The molecule has 0 saturated heterocycles. The summed E-state index contributed by atoms with van der Waals surface area (Å²) in [6.07, 6.45) is 4.05. The van der Waals surface area contributed by atoms with Crippen molar-refractivity contribution in [1.29, 1.82) is 0 Å². The summed E-state index contributed by atoms with van der Waals surface area (Å²) in [5.41, 5.74) is 0. The second-order valence-electron chi connectivity index (χ2n) is 4.84. The van der Waals surface area contributed by atoms with Gasteiger partial charge in [-0.3, -0.25) is 9.59 Å². The highest BCUT2D eigenvalue weighted by atomic mass is 16.4. The Kier molecular flexibility index (Phi) is 5.97. The van der Waals surface area contributed by atoms with E-state index in [9.17, 15) is 9.59 Å². The van der Waals surface area contributed by atoms with Gasteiger partial charge in [-0.2, -0.15) is 0 Å². The number of aliphatic carboxylic acids is 1. The molecule has 17 heavy (non-hydrogen) atoms. The molecule has 0 aromatic carbocycles. The predicted octanol–water partition coefficient (Wildman–Crippen LogP) is 0.746. The van der Waals surface area contributed by atoms with Crippen molar-refractivity contribution >= 4 is 11.9 Å². The van der Waals surface area contributed by atoms with Crippen molar-refractivity contribution < 1.29 is 14.7 Å². The summed E-state index contributed by atoms with van der Waals surface area (Å²) in [4.78, 5) is 21.7. The number of carbonyl (C=O) groups excluding carboxylic acids is 1. The molecule has 0 aliphatic heterocycles. The van der Waals surface area contributed by atoms with Crippen molar-refractivity contribution in [3.05, 3.63) is 0 Å². The SMILES string of the molecule is CC(CCNCC(=O)NC1CC1)CCC(=O)O. The largest absolute Gasteiger partial charge is 0.481 e. The summed E-state index contributed by atoms with van der Waals surface area (Å²) >= 11 is 0. The molecular weight excluding hydrogens is 220 g/mol. The molecule has 0 spiro atoms. The van der Waals surface area contributed by atoms with Gasteiger partial charge in [-0.25, -0.2) is 0 Å². The van der Waals surface area contributed by atoms with Gasteiger partial charge in [0.2, 0.25) is 5.91 Å². The number of amides is 1. The number of hydrogen-bond acceptors (Lipinski definition) is 3. The molecule has 1 amide bonds. The van der Waals surface area contributed by atoms with Crippen molar-refractivity contribution in [1.82, 2.24) is 10.6 Å². The fourth-order valence-corrected chi connectivity index (χ4v) is 1.57. The maximum atomic E-state index is 11.3. The Hall–Kier alpha value is -1.10. The van der Waals surface area contributed by atoms with Gasteiger partial charge in [-0.1, -0.05) is 6.92 Å². The first-order valence-electron chi connectivity index (χ1n) is 6.30. The molecule has 0 aromatic rings. The topological polar surface area (TPSA) is 78.4 Å². The quantitative estimate of drug-likeness (QED) is 0.521. The van der Waals surface area contributed by atoms with E-state index < -0.39 is 5.97 Å². The Morgan fingerprint density at radius 2 is 2.06 bits per heavy atom. The monoisotopic (exact) mass is 242 g/mol. The van der Waals surface area contributed by atoms with Crippen LogP contribution < -0.4 is 10.6 Å². The molecule has 1 fully saturated rings. The van der Waals surface area contributed by atoms with Crippen LogP contribution >= 0.6 is 0 Å². The molecule has 1 rings (SSSR count). The number of carbonyl (C=O) groups is 2. The van der Waals surface area contributed by atoms with E-state index in [2.05, 4.69) is 10.6 Å². The molecule has 0 radical (unpaired) electrons. The van der Waals surface area contributed by atoms with Gasteiger partial charge in [0.1, 0.15) is 0 Å². The van der Waals surface area contributed by atoms with Crippen LogP contribution in [0.15, 0.2) is 0 Å². The third kappa shape index (κ3) is 7.74. The lowest BCUT2D eigenvalue weighted by Gasteiger charge is -2.10. The molecule has 3 N–H and O–H groups in total. The van der Waals surface area contributed by atoms with Crippen molar-refractivity contribution in [2.75, 3.05) is 13.1 Å². The molecule has 0 heterocycles. The van der Waals surface area contributed by atoms with Gasteiger partial charge < -0.3 is 15.7 Å². The molecule has 5 heteroatoms. The van der Waals surface area contributed by atoms with Gasteiger partial charge in [0.25, 0.3) is 0 Å². The van der Waals surface area contributed by atoms with E-state index >= 15 is 0 Å². The first-order chi connectivity index (χ1) is 8.08. The van der Waals surface area contributed by atoms with Crippen LogP contribution in [0.3, 0.4) is 0 Å². The molecule has 1 aliphatic rings. The van der Waals surface area contributed by atoms with Gasteiger partial charge in [0, 0.05) is 12.5 Å². The number of hydrogen-bond donors (Lipinski definition) is 3. The summed E-state index contributed by atoms with van der Waals surface area (Å²) in [6, 6.07) is 0.416. The average molecular weight is 242 g/mol. The van der Waals surface area contributed by atoms with Gasteiger partial charge in [0.05, 0.1) is 6.54 Å². The Morgan fingerprint density at radius 3 is 2.65 bits per heavy atom. The molecule has 1 atom stereocenters. The van der Waals surface area contributed by atoms with Gasteiger partial charge in [-0.05, 0) is 38.1 Å². The summed E-state index contributed by atoms with van der Waals surface area (Å²) in [7, 11) is 0. The fraction of sp³-hybridized carbons (Fsp3) is 0.833. The molecule has 0 bridgehead atoms. The first-order valence-corrected chi connectivity index (χ1v) is 6.30. The first kappa shape index (κ1) is 14.0. The molecule has 98 valence electrons. The molecule has 1 saturated carbocycles. The maximum absolute atomic E-state index is 11.3. The Bertz CT molecular complexity index is 264. The fourth-order valence-electron chi connectivity index (χ4n) is 1.57. The lowest BCUT2D eigenvalue weighted by Crippen LogP contribution is -2.35. The van der Waals surface area contributed by atoms with E-state index in [-0.39, 0.29) is 12.3 Å². The molecular formula is C12H22N2O3. The molecule has 1 aliphatic carbocycles. The predicted molar refractivity (Wildman–Crippen MR) is 64.7 cm³/mol. The molecule has 5 nitrogen and oxygen atoms in total. The smallest absolute Gasteiger partial charge is 0.303 e. The molecule has 1 unspecified atom stereocenters. The lowest BCUT2D eigenvalue weighted by atomic mass is 10.0. The summed E-state index contributed by atoms with van der Waals surface area (Å²) in [5, 5.41) is 14.5. The van der Waals surface area contributed by atoms with Crippen LogP contribution in [0, 0.1) is 5.92 Å². The number of carboxylic acid groups (broad SMARTS) is 1. The third-order valence-electron chi connectivity index (χ3n) is 2.89. The zero-order valence-electron chi connectivity index (χ0n) is 10.4. The van der Waals surface area contributed by atoms with Crippen molar-refractivity contribution in [2.24, 2.45) is 5.92 Å². The standard InChI is InChI=1S/C12H22N2O3/c1-9(2-5-12(16)17)6-7-13-8-11(15)14-10-3-4-10/h9-10,13H,2-8H2,1H3,(H,14,15)(H,16,17). The van der Waals surface area contributed by atoms with Crippen molar-refractivity contribution in [3.63, 3.8) is 0 Å². The van der Waals surface area contributed by atoms with E-state index in [1.54, 1.807) is 0 Å². The summed E-state index contributed by atoms with van der Waals surface area (Å²) in [5.74, 6) is -0.301. The minimum absolute atomic E-state index is 0.0608. The van der Waals surface area contributed by atoms with Crippen LogP contribution in [0.5, 0.6) is 0 Å². The van der Waals surface area contributed by atoms with Crippen LogP contribution in [0.4, 0.5) is 0 Å². The van der Waals surface area contributed by atoms with Crippen LogP contribution in [0.25, 0.3) is 0 Å². The van der Waals surface area contributed by atoms with E-state index in [0.29, 0.717) is 24.9 Å². The van der Waals surface area contributed by atoms with E-state index in [1.807, 2.05) is 6.92 Å². The van der Waals surface area contributed by atoms with Gasteiger partial charge in [0.15, 0.2) is 0 Å². The number of carboxylic acids is 1. The zero-order valence-corrected chi connectivity index (χ0v) is 10.4. The normalized spacial score (nSPS) is 16.5. The minimum Gasteiger partial charge on any atom is -0.481 e. The lowest BCUT2D eigenvalue weighted by molar-refractivity contribution is -0.137. The van der Waals surface area contributed by atoms with E-state index in [0.717, 1.165) is 25.8 Å². The number of nitrogens with one attached hydrogen (secondary N) is 2. The Balaban J connectivity index is 1.91. The summed E-state index contributed by atoms with van der Waals surface area (Å²) < 4.78 is 0. The van der Waals surface area contributed by atoms with Crippen LogP contribution in [-0.2, 0) is 9.59 Å². The van der Waals surface area contributed by atoms with Crippen LogP contribution in [0.1, 0.15) is 39.0 Å². The second kappa shape index (κ2) is 7.27. The second-order valence-corrected chi connectivity index (χ2v) is 4.84. The van der Waals surface area contributed by atoms with E-state index in [1.165, 1.54) is 0 Å². The van der Waals surface area contributed by atoms with Crippen LogP contribution in [-0.4, -0.2) is 36.1 Å². The van der Waals surface area contributed by atoms with Crippen molar-refractivity contribution in [2.45, 2.75) is 45.1 Å². The Labute approximate surface area is 102 Å². The maximum Gasteiger partial charge on any atom is 0.303 e. The van der Waals surface area contributed by atoms with Gasteiger partial charge >= 0.3 is 5.97 Å². The van der Waals surface area contributed by atoms with Crippen molar-refractivity contribution in [3.8, 4) is 0 Å². The third-order valence-corrected chi connectivity index (χ3v) is 2.89. The van der Waals surface area contributed by atoms with Gasteiger partial charge in [-0.15, -0.1) is 0 Å². The van der Waals surface area contributed by atoms with Crippen LogP contribution in [0.2, 0.25) is 0 Å². The average Bonchev–Trinajstić information content (AvgIpc) is 3.05. The Morgan fingerprint density at radius 1 is 1.35 bits per heavy atom. The highest BCUT2D eigenvalue weighted by Gasteiger charge is 2.22. The molecule has 0 aromatic heterocycles. The highest BCUT2D eigenvalue weighted by Crippen LogP contribution is 2.18. The minimum atomic E-state index is -0.742. The van der Waals surface area contributed by atoms with E-state index in [4.69, 9.17) is 5.11 Å². The zero-order chi connectivity index (χ0) is 12.7. The summed E-state index contributed by atoms with van der Waals surface area (Å²) in [6.45, 7) is 3.16.